The highest BCUT2D eigenvalue weighted by Gasteiger charge is 2.19. The third-order valence-corrected chi connectivity index (χ3v) is 3.90. The molecular weight excluding hydrogens is 318 g/mol. The molecule has 1 unspecified atom stereocenters. The first-order valence-electron chi connectivity index (χ1n) is 6.53. The predicted octanol–water partition coefficient (Wildman–Crippen LogP) is 3.72. The predicted molar refractivity (Wildman–Crippen MR) is 83.9 cm³/mol. The van der Waals surface area contributed by atoms with Crippen LogP contribution in [0.1, 0.15) is 30.1 Å². The Morgan fingerprint density at radius 1 is 1.25 bits per heavy atom. The molecule has 5 heteroatoms. The third kappa shape index (κ3) is 3.16. The van der Waals surface area contributed by atoms with Crippen LogP contribution in [0, 0.1) is 6.92 Å². The van der Waals surface area contributed by atoms with E-state index in [2.05, 4.69) is 31.2 Å². The van der Waals surface area contributed by atoms with Crippen LogP contribution in [-0.2, 0) is 4.74 Å². The minimum Gasteiger partial charge on any atom is -0.369 e. The van der Waals surface area contributed by atoms with Crippen molar-refractivity contribution in [2.75, 3.05) is 19.0 Å². The van der Waals surface area contributed by atoms with E-state index in [1.165, 1.54) is 0 Å². The summed E-state index contributed by atoms with van der Waals surface area (Å²) in [5.41, 5.74) is 1.93. The number of methoxy groups -OCH3 is 1. The van der Waals surface area contributed by atoms with Crippen LogP contribution in [0.15, 0.2) is 34.8 Å². The standard InChI is InChI=1S/C15H18BrN3O/c1-4-17-14-12(16)10(2)18-15(19-14)13(20-3)11-8-6-5-7-9-11/h5-9,13H,4H2,1-3H3,(H,17,18,19). The molecule has 1 N–H and O–H groups in total. The summed E-state index contributed by atoms with van der Waals surface area (Å²) in [6.07, 6.45) is -0.264. The Hall–Kier alpha value is -1.46. The molecule has 0 amide bonds. The van der Waals surface area contributed by atoms with Gasteiger partial charge in [-0.1, -0.05) is 30.3 Å². The lowest BCUT2D eigenvalue weighted by Crippen LogP contribution is -2.12. The van der Waals surface area contributed by atoms with Gasteiger partial charge in [0, 0.05) is 13.7 Å². The monoisotopic (exact) mass is 335 g/mol. The van der Waals surface area contributed by atoms with Gasteiger partial charge in [0.25, 0.3) is 0 Å². The fourth-order valence-corrected chi connectivity index (χ4v) is 2.32. The molecule has 1 aromatic heterocycles. The molecule has 106 valence electrons. The molecule has 0 bridgehead atoms. The van der Waals surface area contributed by atoms with Gasteiger partial charge in [0.2, 0.25) is 0 Å². The van der Waals surface area contributed by atoms with Crippen LogP contribution in [0.3, 0.4) is 0 Å². The zero-order chi connectivity index (χ0) is 14.5. The molecule has 0 aliphatic carbocycles. The van der Waals surface area contributed by atoms with Gasteiger partial charge in [-0.3, -0.25) is 0 Å². The van der Waals surface area contributed by atoms with Crippen molar-refractivity contribution in [1.82, 2.24) is 9.97 Å². The van der Waals surface area contributed by atoms with Crippen LogP contribution in [0.4, 0.5) is 5.82 Å². The first kappa shape index (κ1) is 14.9. The van der Waals surface area contributed by atoms with E-state index in [0.717, 1.165) is 28.1 Å². The van der Waals surface area contributed by atoms with Crippen molar-refractivity contribution < 1.29 is 4.74 Å². The summed E-state index contributed by atoms with van der Waals surface area (Å²) in [6.45, 7) is 4.79. The quantitative estimate of drug-likeness (QED) is 0.904. The number of nitrogens with zero attached hydrogens (tertiary/aromatic N) is 2. The van der Waals surface area contributed by atoms with Crippen molar-refractivity contribution in [2.45, 2.75) is 20.0 Å². The van der Waals surface area contributed by atoms with Gasteiger partial charge in [0.1, 0.15) is 11.9 Å². The Kier molecular flexibility index (Phi) is 5.09. The average molecular weight is 336 g/mol. The number of anilines is 1. The van der Waals surface area contributed by atoms with E-state index in [4.69, 9.17) is 4.74 Å². The van der Waals surface area contributed by atoms with Crippen molar-refractivity contribution >= 4 is 21.7 Å². The van der Waals surface area contributed by atoms with Crippen LogP contribution >= 0.6 is 15.9 Å². The number of benzene rings is 1. The average Bonchev–Trinajstić information content (AvgIpc) is 2.46. The molecule has 0 radical (unpaired) electrons. The Morgan fingerprint density at radius 2 is 1.95 bits per heavy atom. The fourth-order valence-electron chi connectivity index (χ4n) is 2.00. The van der Waals surface area contributed by atoms with Gasteiger partial charge in [-0.2, -0.15) is 0 Å². The highest BCUT2D eigenvalue weighted by molar-refractivity contribution is 9.10. The lowest BCUT2D eigenvalue weighted by Gasteiger charge is -2.17. The van der Waals surface area contributed by atoms with Crippen molar-refractivity contribution in [1.29, 1.82) is 0 Å². The van der Waals surface area contributed by atoms with Crippen LogP contribution in [0.5, 0.6) is 0 Å². The highest BCUT2D eigenvalue weighted by Crippen LogP contribution is 2.28. The van der Waals surface area contributed by atoms with Crippen LogP contribution in [0.25, 0.3) is 0 Å². The van der Waals surface area contributed by atoms with Gasteiger partial charge in [-0.15, -0.1) is 0 Å². The zero-order valence-corrected chi connectivity index (χ0v) is 13.4. The maximum Gasteiger partial charge on any atom is 0.164 e. The largest absolute Gasteiger partial charge is 0.369 e. The van der Waals surface area contributed by atoms with E-state index < -0.39 is 0 Å². The van der Waals surface area contributed by atoms with Crippen molar-refractivity contribution in [3.05, 3.63) is 51.9 Å². The number of hydrogen-bond donors (Lipinski definition) is 1. The van der Waals surface area contributed by atoms with E-state index in [-0.39, 0.29) is 6.10 Å². The normalized spacial score (nSPS) is 12.2. The Morgan fingerprint density at radius 3 is 2.55 bits per heavy atom. The number of aryl methyl sites for hydroxylation is 1. The summed E-state index contributed by atoms with van der Waals surface area (Å²) >= 11 is 3.51. The molecule has 0 aliphatic rings. The SMILES string of the molecule is CCNc1nc(C(OC)c2ccccc2)nc(C)c1Br. The van der Waals surface area contributed by atoms with Gasteiger partial charge >= 0.3 is 0 Å². The molecule has 1 heterocycles. The maximum atomic E-state index is 5.58. The molecule has 2 rings (SSSR count). The Balaban J connectivity index is 2.45. The summed E-state index contributed by atoms with van der Waals surface area (Å²) in [5, 5.41) is 3.23. The Bertz CT molecular complexity index is 575. The molecule has 0 saturated heterocycles. The second-order valence-corrected chi connectivity index (χ2v) is 5.18. The second-order valence-electron chi connectivity index (χ2n) is 4.39. The van der Waals surface area contributed by atoms with E-state index in [0.29, 0.717) is 5.82 Å². The Labute approximate surface area is 127 Å². The summed E-state index contributed by atoms with van der Waals surface area (Å²) < 4.78 is 6.48. The molecule has 1 aromatic carbocycles. The lowest BCUT2D eigenvalue weighted by molar-refractivity contribution is 0.129. The molecule has 4 nitrogen and oxygen atoms in total. The molecule has 0 aliphatic heterocycles. The summed E-state index contributed by atoms with van der Waals surface area (Å²) in [5.74, 6) is 1.46. The van der Waals surface area contributed by atoms with Crippen LogP contribution in [-0.4, -0.2) is 23.6 Å². The lowest BCUT2D eigenvalue weighted by atomic mass is 10.1. The smallest absolute Gasteiger partial charge is 0.164 e. The zero-order valence-electron chi connectivity index (χ0n) is 11.9. The van der Waals surface area contributed by atoms with Gasteiger partial charge in [-0.05, 0) is 35.3 Å². The van der Waals surface area contributed by atoms with Crippen molar-refractivity contribution in [3.8, 4) is 0 Å². The summed E-state index contributed by atoms with van der Waals surface area (Å²) in [4.78, 5) is 9.12. The first-order valence-corrected chi connectivity index (χ1v) is 7.32. The number of hydrogen-bond acceptors (Lipinski definition) is 4. The minimum absolute atomic E-state index is 0.264. The third-order valence-electron chi connectivity index (χ3n) is 2.95. The van der Waals surface area contributed by atoms with Gasteiger partial charge < -0.3 is 10.1 Å². The van der Waals surface area contributed by atoms with Gasteiger partial charge in [-0.25, -0.2) is 9.97 Å². The van der Waals surface area contributed by atoms with Gasteiger partial charge in [0.15, 0.2) is 5.82 Å². The minimum atomic E-state index is -0.264. The van der Waals surface area contributed by atoms with Crippen molar-refractivity contribution in [2.24, 2.45) is 0 Å². The molecule has 1 atom stereocenters. The van der Waals surface area contributed by atoms with Crippen LogP contribution < -0.4 is 5.32 Å². The first-order chi connectivity index (χ1) is 9.67. The molecule has 0 fully saturated rings. The number of rotatable bonds is 5. The summed E-state index contributed by atoms with van der Waals surface area (Å²) in [6, 6.07) is 9.98. The van der Waals surface area contributed by atoms with E-state index in [9.17, 15) is 0 Å². The molecule has 0 saturated carbocycles. The maximum absolute atomic E-state index is 5.58. The molecule has 20 heavy (non-hydrogen) atoms. The number of aromatic nitrogens is 2. The molecular formula is C15H18BrN3O. The fraction of sp³-hybridized carbons (Fsp3) is 0.333. The van der Waals surface area contributed by atoms with Gasteiger partial charge in [0.05, 0.1) is 10.2 Å². The topological polar surface area (TPSA) is 47.0 Å². The summed E-state index contributed by atoms with van der Waals surface area (Å²) in [7, 11) is 1.67. The highest BCUT2D eigenvalue weighted by atomic mass is 79.9. The van der Waals surface area contributed by atoms with Crippen molar-refractivity contribution in [3.63, 3.8) is 0 Å². The molecule has 2 aromatic rings. The van der Waals surface area contributed by atoms with Crippen LogP contribution in [0.2, 0.25) is 0 Å². The number of nitrogens with one attached hydrogen (secondary N) is 1. The van der Waals surface area contributed by atoms with E-state index in [1.54, 1.807) is 7.11 Å². The molecule has 0 spiro atoms. The van der Waals surface area contributed by atoms with E-state index in [1.807, 2.05) is 44.2 Å². The van der Waals surface area contributed by atoms with E-state index >= 15 is 0 Å². The number of ether oxygens (including phenoxy) is 1. The second kappa shape index (κ2) is 6.81. The number of halogens is 1.